The van der Waals surface area contributed by atoms with Crippen molar-refractivity contribution in [2.24, 2.45) is 7.05 Å². The molecule has 0 aliphatic heterocycles. The summed E-state index contributed by atoms with van der Waals surface area (Å²) < 4.78 is 24.9. The molecule has 0 aliphatic carbocycles. The molecule has 0 spiro atoms. The Morgan fingerprint density at radius 2 is 2.16 bits per heavy atom. The van der Waals surface area contributed by atoms with Crippen LogP contribution >= 0.6 is 0 Å². The first kappa shape index (κ1) is 13.3. The van der Waals surface area contributed by atoms with Crippen molar-refractivity contribution in [3.05, 3.63) is 30.4 Å². The summed E-state index contributed by atoms with van der Waals surface area (Å²) in [5.41, 5.74) is 6.64. The molecule has 0 aliphatic rings. The monoisotopic (exact) mass is 281 g/mol. The van der Waals surface area contributed by atoms with Crippen LogP contribution in [-0.2, 0) is 23.4 Å². The van der Waals surface area contributed by atoms with Gasteiger partial charge in [0.05, 0.1) is 22.8 Å². The van der Waals surface area contributed by atoms with Crippen LogP contribution in [0, 0.1) is 0 Å². The van der Waals surface area contributed by atoms with Crippen molar-refractivity contribution < 1.29 is 8.42 Å². The fourth-order valence-corrected chi connectivity index (χ4v) is 2.50. The Bertz CT molecular complexity index is 693. The normalized spacial score (nSPS) is 11.5. The molecule has 1 heterocycles. The Labute approximate surface area is 111 Å². The maximum Gasteiger partial charge on any atom is 0.177 e. The second-order valence-corrected chi connectivity index (χ2v) is 6.19. The Morgan fingerprint density at radius 3 is 2.74 bits per heavy atom. The van der Waals surface area contributed by atoms with Crippen molar-refractivity contribution in [3.8, 4) is 0 Å². The average molecular weight is 281 g/mol. The highest BCUT2D eigenvalue weighted by atomic mass is 32.2. The molecule has 0 saturated heterocycles. The van der Waals surface area contributed by atoms with Crippen LogP contribution in [0.4, 0.5) is 11.4 Å². The van der Waals surface area contributed by atoms with Crippen LogP contribution in [0.5, 0.6) is 0 Å². The van der Waals surface area contributed by atoms with Crippen molar-refractivity contribution in [3.63, 3.8) is 0 Å². The van der Waals surface area contributed by atoms with Crippen LogP contribution in [-0.4, -0.2) is 29.4 Å². The number of nitrogens with zero attached hydrogens (tertiary/aromatic N) is 3. The van der Waals surface area contributed by atoms with Crippen LogP contribution in [0.1, 0.15) is 5.82 Å². The molecule has 0 bridgehead atoms. The van der Waals surface area contributed by atoms with Crippen molar-refractivity contribution in [2.45, 2.75) is 11.4 Å². The lowest BCUT2D eigenvalue weighted by Crippen LogP contribution is -2.09. The number of aromatic nitrogens is 3. The van der Waals surface area contributed by atoms with Gasteiger partial charge in [0.1, 0.15) is 6.33 Å². The zero-order chi connectivity index (χ0) is 14.0. The number of nitrogen functional groups attached to an aromatic ring is 1. The molecule has 0 fully saturated rings. The van der Waals surface area contributed by atoms with Gasteiger partial charge in [0, 0.05) is 13.3 Å². The van der Waals surface area contributed by atoms with Gasteiger partial charge in [0.25, 0.3) is 0 Å². The lowest BCUT2D eigenvalue weighted by Gasteiger charge is -2.11. The van der Waals surface area contributed by atoms with Gasteiger partial charge in [0.15, 0.2) is 15.7 Å². The van der Waals surface area contributed by atoms with Gasteiger partial charge in [-0.25, -0.2) is 8.42 Å². The van der Waals surface area contributed by atoms with Gasteiger partial charge in [0.2, 0.25) is 0 Å². The van der Waals surface area contributed by atoms with Gasteiger partial charge in [-0.2, -0.15) is 0 Å². The van der Waals surface area contributed by atoms with Crippen molar-refractivity contribution in [1.82, 2.24) is 14.8 Å². The van der Waals surface area contributed by atoms with E-state index in [1.165, 1.54) is 6.07 Å². The van der Waals surface area contributed by atoms with Crippen LogP contribution in [0.25, 0.3) is 0 Å². The highest BCUT2D eigenvalue weighted by Crippen LogP contribution is 2.26. The predicted molar refractivity (Wildman–Crippen MR) is 72.3 cm³/mol. The second-order valence-electron chi connectivity index (χ2n) is 4.20. The van der Waals surface area contributed by atoms with E-state index in [1.807, 2.05) is 7.05 Å². The summed E-state index contributed by atoms with van der Waals surface area (Å²) in [5.74, 6) is 0.726. The van der Waals surface area contributed by atoms with Crippen LogP contribution in [0.3, 0.4) is 0 Å². The maximum atomic E-state index is 11.6. The van der Waals surface area contributed by atoms with E-state index in [1.54, 1.807) is 23.0 Å². The summed E-state index contributed by atoms with van der Waals surface area (Å²) in [5, 5.41) is 10.7. The van der Waals surface area contributed by atoms with E-state index in [-0.39, 0.29) is 10.6 Å². The molecule has 7 nitrogen and oxygen atoms in total. The van der Waals surface area contributed by atoms with E-state index in [0.717, 1.165) is 12.1 Å². The molecular weight excluding hydrogens is 266 g/mol. The van der Waals surface area contributed by atoms with E-state index in [2.05, 4.69) is 15.5 Å². The first-order valence-electron chi connectivity index (χ1n) is 5.55. The largest absolute Gasteiger partial charge is 0.396 e. The van der Waals surface area contributed by atoms with Crippen molar-refractivity contribution >= 4 is 21.2 Å². The van der Waals surface area contributed by atoms with Crippen LogP contribution in [0.15, 0.2) is 29.4 Å². The number of aryl methyl sites for hydroxylation is 1. The number of hydrogen-bond acceptors (Lipinski definition) is 6. The molecule has 0 unspecified atom stereocenters. The Kier molecular flexibility index (Phi) is 3.43. The summed E-state index contributed by atoms with van der Waals surface area (Å²) in [4.78, 5) is 0.121. The molecule has 0 saturated carbocycles. The van der Waals surface area contributed by atoms with Crippen molar-refractivity contribution in [2.75, 3.05) is 17.3 Å². The van der Waals surface area contributed by atoms with Crippen LogP contribution < -0.4 is 11.1 Å². The highest BCUT2D eigenvalue weighted by molar-refractivity contribution is 7.90. The maximum absolute atomic E-state index is 11.6. The summed E-state index contributed by atoms with van der Waals surface area (Å²) in [7, 11) is -1.51. The Hall–Kier alpha value is -2.09. The third kappa shape index (κ3) is 2.84. The van der Waals surface area contributed by atoms with Crippen LogP contribution in [0.2, 0.25) is 0 Å². The van der Waals surface area contributed by atoms with E-state index in [9.17, 15) is 8.42 Å². The SMILES string of the molecule is Cn1cnnc1CNc1cccc(S(C)(=O)=O)c1N. The van der Waals surface area contributed by atoms with E-state index in [0.29, 0.717) is 12.2 Å². The molecule has 0 radical (unpaired) electrons. The molecule has 3 N–H and O–H groups in total. The molecule has 1 aromatic heterocycles. The molecule has 2 rings (SSSR count). The predicted octanol–water partition coefficient (Wildman–Crippen LogP) is 0.413. The molecule has 0 amide bonds. The fraction of sp³-hybridized carbons (Fsp3) is 0.273. The molecule has 8 heteroatoms. The molecule has 102 valence electrons. The smallest absolute Gasteiger partial charge is 0.177 e. The minimum atomic E-state index is -3.33. The Morgan fingerprint density at radius 1 is 1.42 bits per heavy atom. The minimum Gasteiger partial charge on any atom is -0.396 e. The summed E-state index contributed by atoms with van der Waals surface area (Å²) >= 11 is 0. The quantitative estimate of drug-likeness (QED) is 0.787. The van der Waals surface area contributed by atoms with Gasteiger partial charge in [-0.3, -0.25) is 0 Å². The number of nitrogens with one attached hydrogen (secondary N) is 1. The van der Waals surface area contributed by atoms with Gasteiger partial charge in [-0.05, 0) is 12.1 Å². The first-order valence-corrected chi connectivity index (χ1v) is 7.44. The second kappa shape index (κ2) is 4.88. The minimum absolute atomic E-state index is 0.121. The number of hydrogen-bond donors (Lipinski definition) is 2. The van der Waals surface area contributed by atoms with Gasteiger partial charge in [-0.15, -0.1) is 10.2 Å². The fourth-order valence-electron chi connectivity index (χ4n) is 1.66. The van der Waals surface area contributed by atoms with E-state index < -0.39 is 9.84 Å². The molecule has 19 heavy (non-hydrogen) atoms. The lowest BCUT2D eigenvalue weighted by atomic mass is 10.2. The zero-order valence-corrected chi connectivity index (χ0v) is 11.5. The first-order chi connectivity index (χ1) is 8.89. The van der Waals surface area contributed by atoms with E-state index >= 15 is 0 Å². The molecular formula is C11H15N5O2S. The van der Waals surface area contributed by atoms with Crippen molar-refractivity contribution in [1.29, 1.82) is 0 Å². The third-order valence-electron chi connectivity index (χ3n) is 2.71. The Balaban J connectivity index is 2.25. The number of para-hydroxylation sites is 1. The van der Waals surface area contributed by atoms with Gasteiger partial charge >= 0.3 is 0 Å². The number of nitrogens with two attached hydrogens (primary N) is 1. The lowest BCUT2D eigenvalue weighted by molar-refractivity contribution is 0.602. The molecule has 1 aromatic carbocycles. The topological polar surface area (TPSA) is 103 Å². The zero-order valence-electron chi connectivity index (χ0n) is 10.7. The highest BCUT2D eigenvalue weighted by Gasteiger charge is 2.14. The van der Waals surface area contributed by atoms with Gasteiger partial charge in [-0.1, -0.05) is 6.07 Å². The number of anilines is 2. The number of sulfone groups is 1. The third-order valence-corrected chi connectivity index (χ3v) is 3.86. The standard InChI is InChI=1S/C11H15N5O2S/c1-16-7-14-15-10(16)6-13-8-4-3-5-9(11(8)12)19(2,17)18/h3-5,7,13H,6,12H2,1-2H3. The summed E-state index contributed by atoms with van der Waals surface area (Å²) in [6.45, 7) is 0.411. The average Bonchev–Trinajstić information content (AvgIpc) is 2.72. The number of rotatable bonds is 4. The summed E-state index contributed by atoms with van der Waals surface area (Å²) in [6.07, 6.45) is 2.72. The molecule has 2 aromatic rings. The van der Waals surface area contributed by atoms with Gasteiger partial charge < -0.3 is 15.6 Å². The van der Waals surface area contributed by atoms with E-state index in [4.69, 9.17) is 5.73 Å². The molecule has 0 atom stereocenters. The number of benzene rings is 1. The summed E-state index contributed by atoms with van der Waals surface area (Å²) in [6, 6.07) is 4.85.